The van der Waals surface area contributed by atoms with Gasteiger partial charge in [0.15, 0.2) is 0 Å². The summed E-state index contributed by atoms with van der Waals surface area (Å²) in [5.74, 6) is -6.49. The summed E-state index contributed by atoms with van der Waals surface area (Å²) in [5, 5.41) is 21.8. The Hall–Kier alpha value is -8.72. The van der Waals surface area contributed by atoms with E-state index in [1.807, 2.05) is 27.7 Å². The SMILES string of the molecule is C=Cc1ccc2c3c(cccc13)C(=O)N(OS(=O)(=O)C(F)(F)F)C2=O.CCC(C)(CC(C)(CC(C)(CC(C)(CC)C(=O)OC(C)(C)C)C(=O)O)C(=O)OCS)C(=O)OC1CC2CC1C1CCCC21.CCC(C)(CC(C)(CC(C)(CC(C)(CC)C(=O)OC(C)(C)C)C(=O)O)C(=O)OCSCCc1ccc2c3c(cccc13)C(=O)N(OS(=O)(=O)C(F)(F)F)C2=O)C(=O)OC1CC2CC1C1CCCC21. The normalized spacial score (nSPS) is 24.8. The highest BCUT2D eigenvalue weighted by atomic mass is 32.2. The van der Waals surface area contributed by atoms with E-state index < -0.39 is 161 Å². The molecule has 6 aliphatic carbocycles. The number of aliphatic carboxylic acids is 2. The molecule has 38 heteroatoms. The fourth-order valence-corrected chi connectivity index (χ4v) is 24.4. The van der Waals surface area contributed by atoms with Crippen LogP contribution in [0.4, 0.5) is 26.3 Å². The minimum Gasteiger partial charge on any atom is -0.481 e. The van der Waals surface area contributed by atoms with E-state index in [1.54, 1.807) is 102 Å². The number of carbonyl (C=O) groups is 12. The molecule has 2 aliphatic heterocycles. The molecule has 18 unspecified atom stereocenters. The Bertz CT molecular complexity index is 5540. The molecule has 2 N–H and O–H groups in total. The number of ether oxygens (including phenoxy) is 6. The number of fused-ring (bicyclic) bond motifs is 10. The van der Waals surface area contributed by atoms with Gasteiger partial charge < -0.3 is 38.6 Å². The van der Waals surface area contributed by atoms with E-state index in [4.69, 9.17) is 28.4 Å². The second-order valence-corrected chi connectivity index (χ2v) is 46.8. The van der Waals surface area contributed by atoms with Crippen LogP contribution in [0.5, 0.6) is 0 Å². The first kappa shape index (κ1) is 109. The molecular weight excluding hydrogens is 1860 g/mol. The molecule has 0 spiro atoms. The molecular formula is C98H128F6N2O26S4. The summed E-state index contributed by atoms with van der Waals surface area (Å²) in [4.78, 5) is 161. The predicted octanol–water partition coefficient (Wildman–Crippen LogP) is 19.9. The quantitative estimate of drug-likeness (QED) is 0.00552. The Balaban J connectivity index is 0.000000237. The highest BCUT2D eigenvalue weighted by molar-refractivity contribution is 7.99. The molecule has 18 atom stereocenters. The molecule has 0 saturated heterocycles. The largest absolute Gasteiger partial charge is 0.525 e. The maximum atomic E-state index is 14.6. The van der Waals surface area contributed by atoms with E-state index in [0.29, 0.717) is 81.9 Å². The van der Waals surface area contributed by atoms with Crippen LogP contribution in [0.2, 0.25) is 0 Å². The molecule has 752 valence electrons. The van der Waals surface area contributed by atoms with Crippen molar-refractivity contribution in [1.29, 1.82) is 0 Å². The number of alkyl halides is 6. The minimum atomic E-state index is -6.35. The first-order chi connectivity index (χ1) is 62.8. The number of esters is 6. The lowest BCUT2D eigenvalue weighted by Crippen LogP contribution is -2.48. The van der Waals surface area contributed by atoms with E-state index >= 15 is 0 Å². The Morgan fingerprint density at radius 2 is 0.779 bits per heavy atom. The van der Waals surface area contributed by atoms with E-state index in [1.165, 1.54) is 105 Å². The van der Waals surface area contributed by atoms with Crippen molar-refractivity contribution >= 4 is 144 Å². The van der Waals surface area contributed by atoms with Crippen molar-refractivity contribution in [1.82, 2.24) is 10.1 Å². The van der Waals surface area contributed by atoms with Crippen molar-refractivity contribution in [3.8, 4) is 0 Å². The average Bonchev–Trinajstić information content (AvgIpc) is 1.08. The van der Waals surface area contributed by atoms with Gasteiger partial charge in [-0.25, -0.2) is 0 Å². The van der Waals surface area contributed by atoms with Crippen LogP contribution < -0.4 is 0 Å². The van der Waals surface area contributed by atoms with E-state index in [0.717, 1.165) is 38.0 Å². The van der Waals surface area contributed by atoms with Crippen molar-refractivity contribution in [2.75, 3.05) is 17.6 Å². The second kappa shape index (κ2) is 40.5. The number of hydroxylamine groups is 4. The number of nitrogens with zero attached hydrogens (tertiary/aromatic N) is 2. The number of rotatable bonds is 37. The number of thioether (sulfide) groups is 1. The van der Waals surface area contributed by atoms with Crippen molar-refractivity contribution in [2.24, 2.45) is 90.7 Å². The highest BCUT2D eigenvalue weighted by Crippen LogP contribution is 2.63. The van der Waals surface area contributed by atoms with Crippen LogP contribution in [0.1, 0.15) is 306 Å². The number of carboxylic acid groups (broad SMARTS) is 2. The zero-order valence-electron chi connectivity index (χ0n) is 80.3. The summed E-state index contributed by atoms with van der Waals surface area (Å²) in [7, 11) is -12.5. The zero-order valence-corrected chi connectivity index (χ0v) is 83.7. The van der Waals surface area contributed by atoms with Crippen LogP contribution in [0, 0.1) is 90.7 Å². The molecule has 6 fully saturated rings. The van der Waals surface area contributed by atoms with Crippen molar-refractivity contribution in [3.05, 3.63) is 101 Å². The topological polar surface area (TPSA) is 394 Å². The van der Waals surface area contributed by atoms with Crippen LogP contribution in [-0.2, 0) is 102 Å². The summed E-state index contributed by atoms with van der Waals surface area (Å²) >= 11 is 5.29. The second-order valence-electron chi connectivity index (χ2n) is 42.4. The van der Waals surface area contributed by atoms with E-state index in [-0.39, 0.29) is 121 Å². The molecule has 28 nitrogen and oxygen atoms in total. The molecule has 12 rings (SSSR count). The van der Waals surface area contributed by atoms with Gasteiger partial charge in [-0.1, -0.05) is 89.6 Å². The van der Waals surface area contributed by atoms with E-state index in [2.05, 4.69) is 27.8 Å². The van der Waals surface area contributed by atoms with Gasteiger partial charge in [0.2, 0.25) is 0 Å². The smallest absolute Gasteiger partial charge is 0.481 e. The Morgan fingerprint density at radius 3 is 1.14 bits per heavy atom. The lowest BCUT2D eigenvalue weighted by atomic mass is 9.61. The maximum Gasteiger partial charge on any atom is 0.525 e. The molecule has 136 heavy (non-hydrogen) atoms. The molecule has 2 heterocycles. The standard InChI is InChI=1S/C49H64F3NO13S2.C34H56O8S.C15H8F3NO5S/c1-10-45(6,42(59)64-36-23-29-22-35(36)32-16-12-14-30(29)32)25-48(9,26-47(8,40(56)57)24-46(7,11-2)43(60)65-44(3,4)5)41(58)63-27-67-21-20-28-18-19-34-37-31(28)15-13-17-33(37)38(54)53(39(34)55)66-68(61,62)49(50,51)52;1-10-31(6,28(38)41-25-16-21-15-24(25)23-14-12-13-22(21)23)18-34(9,27(37)40-20-43)19-33(8,26(35)36)17-32(7,11-2)29(39)42-30(3,4)5;1-2-8-6-7-11-12-9(8)4-3-5-10(12)13(20)19(14(11)21)24-25(22,23)15(16,17)18/h13,15,17-19,29-30,32,35-36H,10-12,14,16,20-27H2,1-9H3,(H,56,57);21-25,43H,10-20H2,1-9H3,(H,35,36);2-7H,1H2. The number of carboxylic acids is 2. The number of halogens is 6. The molecule has 4 bridgehead atoms. The van der Waals surface area contributed by atoms with Gasteiger partial charge in [0.05, 0.1) is 65.6 Å². The fourth-order valence-electron chi connectivity index (χ4n) is 22.8. The number of amides is 4. The summed E-state index contributed by atoms with van der Waals surface area (Å²) < 4.78 is 166. The fraction of sp³-hybridized carbons (Fsp3) is 0.653. The number of hydrogen-bond donors (Lipinski definition) is 3. The summed E-state index contributed by atoms with van der Waals surface area (Å²) in [6.45, 7) is 34.7. The lowest BCUT2D eigenvalue weighted by Gasteiger charge is -2.43. The number of aryl methyl sites for hydroxylation is 1. The first-order valence-electron chi connectivity index (χ1n) is 46.2. The van der Waals surface area contributed by atoms with Gasteiger partial charge in [-0.05, 0) is 312 Å². The number of benzene rings is 4. The molecule has 4 aromatic carbocycles. The van der Waals surface area contributed by atoms with Gasteiger partial charge in [0.25, 0.3) is 23.6 Å². The predicted molar refractivity (Wildman–Crippen MR) is 493 cm³/mol. The Labute approximate surface area is 799 Å². The van der Waals surface area contributed by atoms with Gasteiger partial charge in [-0.15, -0.1) is 43.1 Å². The van der Waals surface area contributed by atoms with Crippen molar-refractivity contribution < 1.29 is 148 Å². The first-order valence-corrected chi connectivity index (χ1v) is 50.8. The lowest BCUT2D eigenvalue weighted by molar-refractivity contribution is -0.177. The van der Waals surface area contributed by atoms with E-state index in [9.17, 15) is 111 Å². The van der Waals surface area contributed by atoms with Gasteiger partial charge in [-0.2, -0.15) is 43.2 Å². The maximum absolute atomic E-state index is 14.6. The number of hydrogen-bond acceptors (Lipinski definition) is 26. The number of thiol groups is 1. The molecule has 8 aliphatic rings. The number of carbonyl (C=O) groups excluding carboxylic acids is 10. The highest BCUT2D eigenvalue weighted by Gasteiger charge is 2.62. The van der Waals surface area contributed by atoms with Crippen LogP contribution in [0.25, 0.3) is 27.6 Å². The minimum absolute atomic E-state index is 0.0486. The van der Waals surface area contributed by atoms with Crippen LogP contribution >= 0.6 is 24.4 Å². The summed E-state index contributed by atoms with van der Waals surface area (Å²) in [6.07, 6.45) is 13.2. The van der Waals surface area contributed by atoms with Crippen molar-refractivity contribution in [2.45, 2.75) is 294 Å². The Kier molecular flexibility index (Phi) is 32.5. The van der Waals surface area contributed by atoms with Gasteiger partial charge in [0.1, 0.15) is 35.3 Å². The van der Waals surface area contributed by atoms with Gasteiger partial charge in [0, 0.05) is 16.5 Å². The third-order valence-electron chi connectivity index (χ3n) is 29.8. The van der Waals surface area contributed by atoms with Crippen molar-refractivity contribution in [3.63, 3.8) is 0 Å². The van der Waals surface area contributed by atoms with Crippen LogP contribution in [0.3, 0.4) is 0 Å². The molecule has 4 amide bonds. The molecule has 0 radical (unpaired) electrons. The summed E-state index contributed by atoms with van der Waals surface area (Å²) in [6, 6.07) is 14.0. The summed E-state index contributed by atoms with van der Waals surface area (Å²) in [5.41, 5.74) is -23.6. The Morgan fingerprint density at radius 1 is 0.441 bits per heavy atom. The third kappa shape index (κ3) is 22.7. The number of imide groups is 2. The van der Waals surface area contributed by atoms with Gasteiger partial charge in [-0.3, -0.25) is 57.5 Å². The molecule has 0 aromatic heterocycles. The van der Waals surface area contributed by atoms with Crippen LogP contribution in [-0.4, -0.2) is 161 Å². The average molecular weight is 1990 g/mol. The van der Waals surface area contributed by atoms with Gasteiger partial charge >= 0.3 is 79.0 Å². The monoisotopic (exact) mass is 1990 g/mol. The molecule has 6 saturated carbocycles. The van der Waals surface area contributed by atoms with Crippen LogP contribution in [0.15, 0.2) is 67.2 Å². The third-order valence-corrected chi connectivity index (χ3v) is 32.6. The molecule has 4 aromatic rings. The zero-order chi connectivity index (χ0) is 102.